The average molecular weight is 540 g/mol. The Labute approximate surface area is 203 Å². The average Bonchev–Trinajstić information content (AvgIpc) is 2.81. The van der Waals surface area contributed by atoms with E-state index >= 15 is 0 Å². The first-order valence-electron chi connectivity index (χ1n) is 9.96. The number of benzene rings is 3. The molecule has 0 unspecified atom stereocenters. The van der Waals surface area contributed by atoms with Gasteiger partial charge in [-0.05, 0) is 42.5 Å². The van der Waals surface area contributed by atoms with Gasteiger partial charge in [0, 0.05) is 21.1 Å². The molecule has 8 nitrogen and oxygen atoms in total. The quantitative estimate of drug-likeness (QED) is 0.355. The normalized spacial score (nSPS) is 11.2. The topological polar surface area (TPSA) is 128 Å². The van der Waals surface area contributed by atoms with E-state index in [1.165, 1.54) is 24.3 Å². The van der Waals surface area contributed by atoms with E-state index in [-0.39, 0.29) is 16.1 Å². The maximum Gasteiger partial charge on any atom is 0.339 e. The lowest BCUT2D eigenvalue weighted by Gasteiger charge is -2.11. The first-order chi connectivity index (χ1) is 16.2. The Kier molecular flexibility index (Phi) is 6.73. The number of rotatable bonds is 6. The van der Waals surface area contributed by atoms with Crippen LogP contribution >= 0.6 is 15.9 Å². The predicted molar refractivity (Wildman–Crippen MR) is 132 cm³/mol. The van der Waals surface area contributed by atoms with Crippen molar-refractivity contribution in [1.82, 2.24) is 4.98 Å². The number of carbonyl (C=O) groups is 2. The third-order valence-corrected chi connectivity index (χ3v) is 6.24. The number of carbonyl (C=O) groups excluding carboxylic acids is 2. The lowest BCUT2D eigenvalue weighted by atomic mass is 10.0. The van der Waals surface area contributed by atoms with E-state index in [0.717, 1.165) is 10.0 Å². The zero-order valence-corrected chi connectivity index (χ0v) is 20.0. The number of amides is 1. The van der Waals surface area contributed by atoms with Crippen LogP contribution in [-0.4, -0.2) is 31.9 Å². The van der Waals surface area contributed by atoms with E-state index in [0.29, 0.717) is 16.6 Å². The van der Waals surface area contributed by atoms with Gasteiger partial charge in [-0.1, -0.05) is 52.3 Å². The van der Waals surface area contributed by atoms with Crippen molar-refractivity contribution in [1.29, 1.82) is 0 Å². The SMILES string of the molecule is NS(=O)(=O)c1cccc(NC(=O)COC(=O)c2cc(-c3cccc(Br)c3)nc3ccccc23)c1. The predicted octanol–water partition coefficient (Wildman–Crippen LogP) is 4.11. The number of anilines is 1. The number of primary sulfonamides is 1. The molecule has 4 aromatic rings. The lowest BCUT2D eigenvalue weighted by molar-refractivity contribution is -0.119. The fourth-order valence-corrected chi connectivity index (χ4v) is 4.26. The third kappa shape index (κ3) is 5.48. The minimum Gasteiger partial charge on any atom is -0.452 e. The van der Waals surface area contributed by atoms with Gasteiger partial charge in [0.15, 0.2) is 6.61 Å². The Bertz CT molecular complexity index is 1520. The second kappa shape index (κ2) is 9.72. The minimum absolute atomic E-state index is 0.148. The van der Waals surface area contributed by atoms with Gasteiger partial charge in [-0.25, -0.2) is 23.3 Å². The summed E-state index contributed by atoms with van der Waals surface area (Å²) >= 11 is 3.44. The van der Waals surface area contributed by atoms with Crippen molar-refractivity contribution in [3.05, 3.63) is 88.9 Å². The summed E-state index contributed by atoms with van der Waals surface area (Å²) in [5, 5.41) is 8.19. The van der Waals surface area contributed by atoms with Gasteiger partial charge in [-0.2, -0.15) is 0 Å². The number of hydrogen-bond donors (Lipinski definition) is 2. The molecule has 0 saturated heterocycles. The summed E-state index contributed by atoms with van der Waals surface area (Å²) in [4.78, 5) is 29.7. The molecule has 34 heavy (non-hydrogen) atoms. The van der Waals surface area contributed by atoms with E-state index in [1.54, 1.807) is 24.3 Å². The fraction of sp³-hybridized carbons (Fsp3) is 0.0417. The molecule has 0 saturated carbocycles. The van der Waals surface area contributed by atoms with Crippen LogP contribution in [-0.2, 0) is 19.6 Å². The number of halogens is 1. The number of pyridine rings is 1. The van der Waals surface area contributed by atoms with Crippen molar-refractivity contribution < 1.29 is 22.7 Å². The molecule has 0 fully saturated rings. The molecule has 0 spiro atoms. The van der Waals surface area contributed by atoms with Gasteiger partial charge in [-0.3, -0.25) is 4.79 Å². The Morgan fingerprint density at radius 2 is 1.74 bits per heavy atom. The number of nitrogens with one attached hydrogen (secondary N) is 1. The maximum atomic E-state index is 12.9. The van der Waals surface area contributed by atoms with Gasteiger partial charge in [0.2, 0.25) is 10.0 Å². The van der Waals surface area contributed by atoms with E-state index in [1.807, 2.05) is 30.3 Å². The maximum absolute atomic E-state index is 12.9. The van der Waals surface area contributed by atoms with Crippen LogP contribution in [0, 0.1) is 0 Å². The molecule has 1 heterocycles. The summed E-state index contributed by atoms with van der Waals surface area (Å²) in [6, 6.07) is 21.7. The number of hydrogen-bond acceptors (Lipinski definition) is 6. The van der Waals surface area contributed by atoms with Gasteiger partial charge in [0.05, 0.1) is 21.7 Å². The number of nitrogens with two attached hydrogens (primary N) is 1. The first kappa shape index (κ1) is 23.6. The number of esters is 1. The van der Waals surface area contributed by atoms with E-state index in [4.69, 9.17) is 9.88 Å². The number of aromatic nitrogens is 1. The van der Waals surface area contributed by atoms with Crippen molar-refractivity contribution in [2.45, 2.75) is 4.90 Å². The van der Waals surface area contributed by atoms with Gasteiger partial charge in [0.1, 0.15) is 0 Å². The van der Waals surface area contributed by atoms with Crippen molar-refractivity contribution >= 4 is 54.4 Å². The molecule has 1 amide bonds. The molecule has 0 aliphatic carbocycles. The molecular formula is C24H18BrN3O5S. The molecule has 0 radical (unpaired) electrons. The molecule has 172 valence electrons. The molecule has 0 bridgehead atoms. The summed E-state index contributed by atoms with van der Waals surface area (Å²) in [6.45, 7) is -0.568. The summed E-state index contributed by atoms with van der Waals surface area (Å²) in [7, 11) is -3.92. The Hall–Kier alpha value is -3.60. The molecule has 3 N–H and O–H groups in total. The van der Waals surface area contributed by atoms with Crippen molar-refractivity contribution in [3.63, 3.8) is 0 Å². The zero-order chi connectivity index (χ0) is 24.3. The molecule has 0 aliphatic heterocycles. The first-order valence-corrected chi connectivity index (χ1v) is 12.3. The van der Waals surface area contributed by atoms with Crippen LogP contribution in [0.1, 0.15) is 10.4 Å². The molecule has 3 aromatic carbocycles. The highest BCUT2D eigenvalue weighted by Crippen LogP contribution is 2.27. The third-order valence-electron chi connectivity index (χ3n) is 4.84. The van der Waals surface area contributed by atoms with Crippen LogP contribution in [0.5, 0.6) is 0 Å². The van der Waals surface area contributed by atoms with Gasteiger partial charge >= 0.3 is 5.97 Å². The molecule has 4 rings (SSSR count). The molecule has 10 heteroatoms. The number of fused-ring (bicyclic) bond motifs is 1. The highest BCUT2D eigenvalue weighted by atomic mass is 79.9. The minimum atomic E-state index is -3.92. The van der Waals surface area contributed by atoms with Gasteiger partial charge in [0.25, 0.3) is 5.91 Å². The molecular weight excluding hydrogens is 522 g/mol. The van der Waals surface area contributed by atoms with Crippen LogP contribution < -0.4 is 10.5 Å². The summed E-state index contributed by atoms with van der Waals surface area (Å²) in [6.07, 6.45) is 0. The van der Waals surface area contributed by atoms with Crippen LogP contribution in [0.25, 0.3) is 22.2 Å². The number of sulfonamides is 1. The van der Waals surface area contributed by atoms with E-state index < -0.39 is 28.5 Å². The van der Waals surface area contributed by atoms with Gasteiger partial charge in [-0.15, -0.1) is 0 Å². The zero-order valence-electron chi connectivity index (χ0n) is 17.6. The fourth-order valence-electron chi connectivity index (χ4n) is 3.30. The highest BCUT2D eigenvalue weighted by molar-refractivity contribution is 9.10. The number of nitrogens with zero attached hydrogens (tertiary/aromatic N) is 1. The molecule has 0 atom stereocenters. The van der Waals surface area contributed by atoms with Crippen LogP contribution in [0.4, 0.5) is 5.69 Å². The summed E-state index contributed by atoms with van der Waals surface area (Å²) in [5.74, 6) is -1.33. The number of ether oxygens (including phenoxy) is 1. The smallest absolute Gasteiger partial charge is 0.339 e. The monoisotopic (exact) mass is 539 g/mol. The van der Waals surface area contributed by atoms with E-state index in [9.17, 15) is 18.0 Å². The van der Waals surface area contributed by atoms with Crippen LogP contribution in [0.2, 0.25) is 0 Å². The summed E-state index contributed by atoms with van der Waals surface area (Å²) in [5.41, 5.74) is 2.47. The Balaban J connectivity index is 1.54. The van der Waals surface area contributed by atoms with E-state index in [2.05, 4.69) is 26.2 Å². The largest absolute Gasteiger partial charge is 0.452 e. The van der Waals surface area contributed by atoms with Gasteiger partial charge < -0.3 is 10.1 Å². The van der Waals surface area contributed by atoms with Crippen molar-refractivity contribution in [3.8, 4) is 11.3 Å². The molecule has 0 aliphatic rings. The van der Waals surface area contributed by atoms with Crippen LogP contribution in [0.3, 0.4) is 0 Å². The second-order valence-electron chi connectivity index (χ2n) is 7.28. The van der Waals surface area contributed by atoms with Crippen molar-refractivity contribution in [2.75, 3.05) is 11.9 Å². The molecule has 1 aromatic heterocycles. The standard InChI is InChI=1S/C24H18BrN3O5S/c25-16-6-3-5-15(11-16)22-13-20(19-9-1-2-10-21(19)28-22)24(30)33-14-23(29)27-17-7-4-8-18(12-17)34(26,31)32/h1-13H,14H2,(H,27,29)(H2,26,31,32). The lowest BCUT2D eigenvalue weighted by Crippen LogP contribution is -2.21. The Morgan fingerprint density at radius 3 is 2.50 bits per heavy atom. The van der Waals surface area contributed by atoms with Crippen molar-refractivity contribution in [2.24, 2.45) is 5.14 Å². The summed E-state index contributed by atoms with van der Waals surface area (Å²) < 4.78 is 29.1. The Morgan fingerprint density at radius 1 is 0.971 bits per heavy atom. The number of para-hydroxylation sites is 1. The van der Waals surface area contributed by atoms with Crippen LogP contribution in [0.15, 0.2) is 88.2 Å². The highest BCUT2D eigenvalue weighted by Gasteiger charge is 2.17. The second-order valence-corrected chi connectivity index (χ2v) is 9.76.